The van der Waals surface area contributed by atoms with Gasteiger partial charge in [-0.3, -0.25) is 4.90 Å². The molecule has 1 heterocycles. The van der Waals surface area contributed by atoms with Crippen LogP contribution in [0.15, 0.2) is 48.5 Å². The first-order chi connectivity index (χ1) is 13.1. The molecule has 1 aliphatic heterocycles. The van der Waals surface area contributed by atoms with E-state index in [2.05, 4.69) is 65.8 Å². The lowest BCUT2D eigenvalue weighted by molar-refractivity contribution is 0.185. The highest BCUT2D eigenvalue weighted by Crippen LogP contribution is 2.18. The summed E-state index contributed by atoms with van der Waals surface area (Å²) in [5.74, 6) is 0.867. The molecule has 2 amide bonds. The van der Waals surface area contributed by atoms with Crippen LogP contribution in [0.5, 0.6) is 0 Å². The average Bonchev–Trinajstić information content (AvgIpc) is 2.68. The second kappa shape index (κ2) is 9.56. The van der Waals surface area contributed by atoms with Gasteiger partial charge in [-0.2, -0.15) is 0 Å². The van der Waals surface area contributed by atoms with E-state index < -0.39 is 0 Å². The molecule has 0 unspecified atom stereocenters. The fraction of sp³-hybridized carbons (Fsp3) is 0.435. The maximum Gasteiger partial charge on any atom is 0.315 e. The standard InChI is InChI=1S/C23H31N3O/c1-18-10-12-26(13-11-18)17-21-8-6-20(7-9-21)15-24-23(27)25-16-22-5-3-4-19(2)14-22/h3-9,14,18H,10-13,15-17H2,1-2H3,(H2,24,25,27). The number of nitrogens with zero attached hydrogens (tertiary/aromatic N) is 1. The third-order valence-electron chi connectivity index (χ3n) is 5.29. The van der Waals surface area contributed by atoms with Gasteiger partial charge in [0.1, 0.15) is 0 Å². The molecule has 27 heavy (non-hydrogen) atoms. The molecule has 0 radical (unpaired) electrons. The van der Waals surface area contributed by atoms with Crippen molar-refractivity contribution in [2.75, 3.05) is 13.1 Å². The molecule has 3 rings (SSSR count). The monoisotopic (exact) mass is 365 g/mol. The van der Waals surface area contributed by atoms with Gasteiger partial charge in [-0.1, -0.05) is 61.0 Å². The van der Waals surface area contributed by atoms with E-state index in [0.717, 1.165) is 23.6 Å². The molecule has 0 spiro atoms. The molecule has 4 heteroatoms. The van der Waals surface area contributed by atoms with Gasteiger partial charge in [0, 0.05) is 19.6 Å². The summed E-state index contributed by atoms with van der Waals surface area (Å²) in [5, 5.41) is 5.84. The van der Waals surface area contributed by atoms with Crippen LogP contribution in [0.25, 0.3) is 0 Å². The first-order valence-electron chi connectivity index (χ1n) is 9.96. The molecule has 0 saturated carbocycles. The zero-order chi connectivity index (χ0) is 19.1. The van der Waals surface area contributed by atoms with Crippen molar-refractivity contribution in [2.45, 2.75) is 46.3 Å². The van der Waals surface area contributed by atoms with Crippen molar-refractivity contribution in [3.8, 4) is 0 Å². The fourth-order valence-corrected chi connectivity index (χ4v) is 3.49. The van der Waals surface area contributed by atoms with E-state index in [1.165, 1.54) is 37.1 Å². The maximum atomic E-state index is 12.0. The Morgan fingerprint density at radius 3 is 2.26 bits per heavy atom. The maximum absolute atomic E-state index is 12.0. The number of hydrogen-bond acceptors (Lipinski definition) is 2. The fourth-order valence-electron chi connectivity index (χ4n) is 3.49. The summed E-state index contributed by atoms with van der Waals surface area (Å²) in [6.45, 7) is 8.91. The van der Waals surface area contributed by atoms with E-state index in [1.54, 1.807) is 0 Å². The minimum atomic E-state index is -0.136. The van der Waals surface area contributed by atoms with Gasteiger partial charge in [-0.25, -0.2) is 4.79 Å². The van der Waals surface area contributed by atoms with E-state index in [0.29, 0.717) is 13.1 Å². The number of rotatable bonds is 6. The number of hydrogen-bond donors (Lipinski definition) is 2. The van der Waals surface area contributed by atoms with Gasteiger partial charge >= 0.3 is 6.03 Å². The molecule has 0 atom stereocenters. The Hall–Kier alpha value is -2.33. The molecule has 4 nitrogen and oxygen atoms in total. The molecular formula is C23H31N3O. The quantitative estimate of drug-likeness (QED) is 0.805. The molecule has 144 valence electrons. The van der Waals surface area contributed by atoms with Gasteiger partial charge in [0.2, 0.25) is 0 Å². The van der Waals surface area contributed by atoms with Crippen LogP contribution in [0.3, 0.4) is 0 Å². The third-order valence-corrected chi connectivity index (χ3v) is 5.29. The summed E-state index contributed by atoms with van der Waals surface area (Å²) in [7, 11) is 0. The van der Waals surface area contributed by atoms with Crippen molar-refractivity contribution >= 4 is 6.03 Å². The number of urea groups is 1. The number of benzene rings is 2. The van der Waals surface area contributed by atoms with Crippen molar-refractivity contribution in [2.24, 2.45) is 5.92 Å². The minimum absolute atomic E-state index is 0.136. The van der Waals surface area contributed by atoms with Gasteiger partial charge in [-0.05, 0) is 55.5 Å². The lowest BCUT2D eigenvalue weighted by Gasteiger charge is -2.30. The van der Waals surface area contributed by atoms with Crippen LogP contribution in [0.2, 0.25) is 0 Å². The van der Waals surface area contributed by atoms with Crippen molar-refractivity contribution in [3.63, 3.8) is 0 Å². The molecule has 2 N–H and O–H groups in total. The van der Waals surface area contributed by atoms with Crippen LogP contribution in [0.4, 0.5) is 4.79 Å². The molecule has 0 aliphatic carbocycles. The van der Waals surface area contributed by atoms with Gasteiger partial charge < -0.3 is 10.6 Å². The summed E-state index contributed by atoms with van der Waals surface area (Å²) in [6, 6.07) is 16.6. The second-order valence-corrected chi connectivity index (χ2v) is 7.80. The Morgan fingerprint density at radius 1 is 0.963 bits per heavy atom. The largest absolute Gasteiger partial charge is 0.334 e. The number of aryl methyl sites for hydroxylation is 1. The number of nitrogens with one attached hydrogen (secondary N) is 2. The minimum Gasteiger partial charge on any atom is -0.334 e. The molecular weight excluding hydrogens is 334 g/mol. The van der Waals surface area contributed by atoms with E-state index in [1.807, 2.05) is 12.1 Å². The van der Waals surface area contributed by atoms with Crippen LogP contribution in [-0.2, 0) is 19.6 Å². The van der Waals surface area contributed by atoms with E-state index in [-0.39, 0.29) is 6.03 Å². The number of piperidine rings is 1. The topological polar surface area (TPSA) is 44.4 Å². The number of carbonyl (C=O) groups excluding carboxylic acids is 1. The second-order valence-electron chi connectivity index (χ2n) is 7.80. The van der Waals surface area contributed by atoms with Crippen molar-refractivity contribution in [3.05, 3.63) is 70.8 Å². The van der Waals surface area contributed by atoms with Gasteiger partial charge in [0.25, 0.3) is 0 Å². The Labute approximate surface area is 163 Å². The van der Waals surface area contributed by atoms with Crippen LogP contribution in [0, 0.1) is 12.8 Å². The summed E-state index contributed by atoms with van der Waals surface area (Å²) < 4.78 is 0. The smallest absolute Gasteiger partial charge is 0.315 e. The molecule has 0 aromatic heterocycles. The normalized spacial score (nSPS) is 15.5. The zero-order valence-electron chi connectivity index (χ0n) is 16.5. The van der Waals surface area contributed by atoms with Gasteiger partial charge in [-0.15, -0.1) is 0 Å². The highest BCUT2D eigenvalue weighted by molar-refractivity contribution is 5.73. The predicted molar refractivity (Wildman–Crippen MR) is 110 cm³/mol. The first-order valence-corrected chi connectivity index (χ1v) is 9.96. The Balaban J connectivity index is 1.39. The lowest BCUT2D eigenvalue weighted by Crippen LogP contribution is -2.34. The number of amides is 2. The van der Waals surface area contributed by atoms with Gasteiger partial charge in [0.15, 0.2) is 0 Å². The summed E-state index contributed by atoms with van der Waals surface area (Å²) in [6.07, 6.45) is 2.61. The van der Waals surface area contributed by atoms with Crippen LogP contribution in [-0.4, -0.2) is 24.0 Å². The van der Waals surface area contributed by atoms with Crippen molar-refractivity contribution in [1.29, 1.82) is 0 Å². The Bertz CT molecular complexity index is 734. The average molecular weight is 366 g/mol. The van der Waals surface area contributed by atoms with Crippen LogP contribution in [0.1, 0.15) is 42.0 Å². The molecule has 2 aromatic rings. The van der Waals surface area contributed by atoms with Gasteiger partial charge in [0.05, 0.1) is 0 Å². The highest BCUT2D eigenvalue weighted by atomic mass is 16.2. The zero-order valence-corrected chi connectivity index (χ0v) is 16.5. The summed E-state index contributed by atoms with van der Waals surface area (Å²) in [4.78, 5) is 14.5. The Kier molecular flexibility index (Phi) is 6.88. The first kappa shape index (κ1) is 19.4. The predicted octanol–water partition coefficient (Wildman–Crippen LogP) is 4.23. The van der Waals surface area contributed by atoms with E-state index in [9.17, 15) is 4.79 Å². The lowest BCUT2D eigenvalue weighted by atomic mass is 9.99. The number of carbonyl (C=O) groups is 1. The van der Waals surface area contributed by atoms with E-state index >= 15 is 0 Å². The molecule has 2 aromatic carbocycles. The van der Waals surface area contributed by atoms with E-state index in [4.69, 9.17) is 0 Å². The van der Waals surface area contributed by atoms with Crippen LogP contribution < -0.4 is 10.6 Å². The molecule has 0 bridgehead atoms. The van der Waals surface area contributed by atoms with Crippen molar-refractivity contribution in [1.82, 2.24) is 15.5 Å². The summed E-state index contributed by atoms with van der Waals surface area (Å²) in [5.41, 5.74) is 4.78. The molecule has 1 aliphatic rings. The van der Waals surface area contributed by atoms with Crippen molar-refractivity contribution < 1.29 is 4.79 Å². The highest BCUT2D eigenvalue weighted by Gasteiger charge is 2.15. The third kappa shape index (κ3) is 6.40. The van der Waals surface area contributed by atoms with Crippen LogP contribution >= 0.6 is 0 Å². The molecule has 1 saturated heterocycles. The number of likely N-dealkylation sites (tertiary alicyclic amines) is 1. The SMILES string of the molecule is Cc1cccc(CNC(=O)NCc2ccc(CN3CCC(C)CC3)cc2)c1. The summed E-state index contributed by atoms with van der Waals surface area (Å²) >= 11 is 0. The Morgan fingerprint density at radius 2 is 1.59 bits per heavy atom. The molecule has 1 fully saturated rings.